The van der Waals surface area contributed by atoms with Crippen LogP contribution < -0.4 is 40.1 Å². The van der Waals surface area contributed by atoms with Crippen LogP contribution in [0.25, 0.3) is 0 Å². The van der Waals surface area contributed by atoms with E-state index in [1.165, 1.54) is 0 Å². The van der Waals surface area contributed by atoms with Gasteiger partial charge in [-0.15, -0.1) is 0 Å². The molecule has 4 atom stereocenters. The minimum absolute atomic E-state index is 0.0978. The standard InChI is InChI=1S/C29H37IN3O12/c1-16-4-6-18(42-3)24-23(16)28-12-14-33(2)29(28,41)11-10-19(25(28)30-45-24)44-26(39)17(5-8-21(35)36)32-27(40)43-15-13-31-20(34)7-9-22(37)38/h4,6,10,17,25,41H,5,7-9,11-15H2,1-3H3,(H,31,34)(H,32,40)(H,35,36)(H,37,38)/q-1/t17?,25?,28-,29-/m0/s1. The van der Waals surface area contributed by atoms with Gasteiger partial charge < -0.3 is 5.11 Å². The maximum atomic E-state index is 13.5. The summed E-state index contributed by atoms with van der Waals surface area (Å²) in [7, 11) is 3.39. The van der Waals surface area contributed by atoms with Crippen molar-refractivity contribution in [1.82, 2.24) is 15.5 Å². The van der Waals surface area contributed by atoms with Crippen molar-refractivity contribution in [3.05, 3.63) is 35.1 Å². The van der Waals surface area contributed by atoms with Crippen molar-refractivity contribution in [3.8, 4) is 11.5 Å². The number of hydrogen-bond acceptors (Lipinski definition) is 11. The van der Waals surface area contributed by atoms with E-state index in [1.54, 1.807) is 13.2 Å². The number of alkyl carbamates (subject to hydrolysis) is 1. The van der Waals surface area contributed by atoms with Crippen LogP contribution in [0.2, 0.25) is 0 Å². The Balaban J connectivity index is 1.50. The Morgan fingerprint density at radius 3 is 2.58 bits per heavy atom. The molecule has 4 rings (SSSR count). The summed E-state index contributed by atoms with van der Waals surface area (Å²) in [5, 5.41) is 34.8. The van der Waals surface area contributed by atoms with E-state index in [9.17, 15) is 34.2 Å². The number of halogens is 1. The number of amides is 2. The molecule has 2 heterocycles. The van der Waals surface area contributed by atoms with Gasteiger partial charge in [0.2, 0.25) is 0 Å². The van der Waals surface area contributed by atoms with Crippen LogP contribution in [0.4, 0.5) is 4.79 Å². The summed E-state index contributed by atoms with van der Waals surface area (Å²) in [5.74, 6) is -2.33. The number of ether oxygens (including phenoxy) is 3. The molecular formula is C29H37IN3O12-. The monoisotopic (exact) mass is 746 g/mol. The number of fused-ring (bicyclic) bond motifs is 1. The van der Waals surface area contributed by atoms with Crippen LogP contribution in [-0.2, 0) is 34.1 Å². The van der Waals surface area contributed by atoms with Crippen molar-refractivity contribution in [2.45, 2.75) is 66.6 Å². The molecule has 1 fully saturated rings. The molecule has 248 valence electrons. The molecule has 5 N–H and O–H groups in total. The number of allylic oxidation sites excluding steroid dienone is 1. The van der Waals surface area contributed by atoms with Gasteiger partial charge in [-0.25, -0.2) is 0 Å². The Hall–Kier alpha value is -3.64. The topological polar surface area (TPSA) is 210 Å². The van der Waals surface area contributed by atoms with Gasteiger partial charge in [-0.05, 0) is 0 Å². The number of esters is 1. The second kappa shape index (κ2) is 14.2. The van der Waals surface area contributed by atoms with E-state index in [0.29, 0.717) is 30.2 Å². The van der Waals surface area contributed by atoms with Gasteiger partial charge in [-0.2, -0.15) is 0 Å². The van der Waals surface area contributed by atoms with Crippen molar-refractivity contribution in [3.63, 3.8) is 0 Å². The zero-order valence-corrected chi connectivity index (χ0v) is 27.2. The number of hydrogen-bond donors (Lipinski definition) is 5. The van der Waals surface area contributed by atoms with Crippen molar-refractivity contribution in [2.24, 2.45) is 0 Å². The van der Waals surface area contributed by atoms with Crippen LogP contribution in [0.5, 0.6) is 11.5 Å². The number of likely N-dealkylation sites (tertiary alicyclic amines) is 1. The predicted octanol–water partition coefficient (Wildman–Crippen LogP) is -2.20. The summed E-state index contributed by atoms with van der Waals surface area (Å²) in [5.41, 5.74) is -0.478. The number of alkyl halides is 1. The van der Waals surface area contributed by atoms with Crippen LogP contribution in [0.15, 0.2) is 24.0 Å². The Bertz CT molecular complexity index is 1390. The second-order valence-electron chi connectivity index (χ2n) is 11.0. The molecule has 1 spiro atoms. The van der Waals surface area contributed by atoms with Gasteiger partial charge >= 0.3 is 243 Å². The zero-order valence-electron chi connectivity index (χ0n) is 25.1. The first-order valence-corrected chi connectivity index (χ1v) is 16.4. The van der Waals surface area contributed by atoms with Crippen LogP contribution >= 0.6 is 0 Å². The number of likely N-dealkylation sites (N-methyl/N-ethyl adjacent to an activating group) is 1. The molecule has 2 amide bonds. The number of rotatable bonds is 13. The summed E-state index contributed by atoms with van der Waals surface area (Å²) < 4.78 is 22.3. The van der Waals surface area contributed by atoms with E-state index < -0.39 is 79.1 Å². The van der Waals surface area contributed by atoms with E-state index in [1.807, 2.05) is 31.0 Å². The van der Waals surface area contributed by atoms with Gasteiger partial charge in [0, 0.05) is 6.42 Å². The SMILES string of the molecule is COc1ccc(C)c2c1O[I-]C1C(OC(=O)C(CCC(=O)O)NC(=O)OCCNC(=O)CCC(=O)O)=CC[C@@]3(O)N(C)CC[C@]213. The number of aliphatic hydroxyl groups is 1. The quantitative estimate of drug-likeness (QED) is 0.0630. The Morgan fingerprint density at radius 1 is 1.16 bits per heavy atom. The van der Waals surface area contributed by atoms with E-state index in [-0.39, 0.29) is 38.8 Å². The third-order valence-electron chi connectivity index (χ3n) is 8.33. The fraction of sp³-hybridized carbons (Fsp3) is 0.552. The molecule has 16 heteroatoms. The fourth-order valence-electron chi connectivity index (χ4n) is 6.07. The number of carbonyl (C=O) groups excluding carboxylic acids is 3. The minimum atomic E-state index is -1.38. The molecule has 0 radical (unpaired) electrons. The van der Waals surface area contributed by atoms with Crippen LogP contribution in [0.1, 0.15) is 49.7 Å². The van der Waals surface area contributed by atoms with Crippen molar-refractivity contribution in [1.29, 1.82) is 0 Å². The van der Waals surface area contributed by atoms with E-state index >= 15 is 0 Å². The van der Waals surface area contributed by atoms with Gasteiger partial charge in [-0.1, -0.05) is 0 Å². The number of nitrogens with zero attached hydrogens (tertiary/aromatic N) is 1. The summed E-state index contributed by atoms with van der Waals surface area (Å²) in [6.07, 6.45) is 0.0271. The maximum absolute atomic E-state index is 13.5. The molecule has 0 saturated carbocycles. The number of carboxylic acids is 2. The summed E-state index contributed by atoms with van der Waals surface area (Å²) in [4.78, 5) is 61.4. The number of methoxy groups -OCH3 is 1. The molecule has 15 nitrogen and oxygen atoms in total. The molecule has 3 aliphatic rings. The van der Waals surface area contributed by atoms with E-state index in [0.717, 1.165) is 11.1 Å². The van der Waals surface area contributed by atoms with Crippen LogP contribution in [0.3, 0.4) is 0 Å². The van der Waals surface area contributed by atoms with Gasteiger partial charge in [-0.3, -0.25) is 9.59 Å². The molecule has 1 aliphatic carbocycles. The third-order valence-corrected chi connectivity index (χ3v) is 11.2. The normalized spacial score (nSPS) is 24.2. The molecule has 0 bridgehead atoms. The summed E-state index contributed by atoms with van der Waals surface area (Å²) >= 11 is -1.20. The van der Waals surface area contributed by atoms with Gasteiger partial charge in [0.05, 0.1) is 6.42 Å². The molecule has 1 saturated heterocycles. The van der Waals surface area contributed by atoms with Crippen molar-refractivity contribution in [2.75, 3.05) is 33.9 Å². The van der Waals surface area contributed by atoms with E-state index in [4.69, 9.17) is 22.4 Å². The fourth-order valence-corrected chi connectivity index (χ4v) is 9.20. The number of nitrogens with one attached hydrogen (secondary N) is 2. The molecule has 0 aromatic heterocycles. The molecule has 2 unspecified atom stereocenters. The van der Waals surface area contributed by atoms with Gasteiger partial charge in [0.1, 0.15) is 0 Å². The molecule has 2 aliphatic heterocycles. The summed E-state index contributed by atoms with van der Waals surface area (Å²) in [6.45, 7) is 2.13. The number of benzene rings is 1. The first-order chi connectivity index (χ1) is 21.3. The number of aryl methyl sites for hydroxylation is 1. The van der Waals surface area contributed by atoms with Crippen LogP contribution in [-0.4, -0.2) is 99.7 Å². The third kappa shape index (κ3) is 6.96. The Labute approximate surface area is 270 Å². The first kappa shape index (κ1) is 34.2. The Kier molecular flexibility index (Phi) is 10.8. The number of carbonyl (C=O) groups is 5. The molecular weight excluding hydrogens is 709 g/mol. The molecule has 1 aromatic carbocycles. The van der Waals surface area contributed by atoms with Gasteiger partial charge in [0.15, 0.2) is 0 Å². The molecule has 45 heavy (non-hydrogen) atoms. The average Bonchev–Trinajstić information content (AvgIpc) is 3.26. The predicted molar refractivity (Wildman–Crippen MR) is 150 cm³/mol. The molecule has 1 aromatic rings. The van der Waals surface area contributed by atoms with Gasteiger partial charge in [0.25, 0.3) is 0 Å². The average molecular weight is 747 g/mol. The Morgan fingerprint density at radius 2 is 1.89 bits per heavy atom. The first-order valence-electron chi connectivity index (χ1n) is 14.3. The number of carboxylic acid groups (broad SMARTS) is 2. The van der Waals surface area contributed by atoms with Crippen molar-refractivity contribution < 1.29 is 78.2 Å². The zero-order chi connectivity index (χ0) is 32.9. The second-order valence-corrected chi connectivity index (χ2v) is 13.2. The summed E-state index contributed by atoms with van der Waals surface area (Å²) in [6, 6.07) is 2.34. The van der Waals surface area contributed by atoms with Crippen molar-refractivity contribution >= 4 is 29.9 Å². The van der Waals surface area contributed by atoms with Crippen LogP contribution in [0, 0.1) is 6.92 Å². The number of aliphatic carboxylic acids is 2. The van der Waals surface area contributed by atoms with E-state index in [2.05, 4.69) is 10.6 Å².